The van der Waals surface area contributed by atoms with E-state index >= 15 is 0 Å². The summed E-state index contributed by atoms with van der Waals surface area (Å²) in [7, 11) is -3.27. The largest absolute Gasteiger partial charge is 0.325 e. The van der Waals surface area contributed by atoms with Crippen LogP contribution >= 0.6 is 0 Å². The molecule has 0 saturated carbocycles. The van der Waals surface area contributed by atoms with Gasteiger partial charge in [-0.15, -0.1) is 0 Å². The molecule has 27 heavy (non-hydrogen) atoms. The number of hydrogen-bond acceptors (Lipinski definition) is 5. The number of rotatable bonds is 5. The van der Waals surface area contributed by atoms with Gasteiger partial charge in [0.05, 0.1) is 11.4 Å². The highest BCUT2D eigenvalue weighted by molar-refractivity contribution is 7.90. The van der Waals surface area contributed by atoms with E-state index < -0.39 is 9.84 Å². The Labute approximate surface area is 158 Å². The lowest BCUT2D eigenvalue weighted by Crippen LogP contribution is -2.48. The molecule has 1 unspecified atom stereocenters. The molecule has 2 aromatic rings. The Hall–Kier alpha value is -2.29. The maximum absolute atomic E-state index is 13.6. The highest BCUT2D eigenvalue weighted by Gasteiger charge is 2.25. The maximum Gasteiger partial charge on any atom is 0.238 e. The van der Waals surface area contributed by atoms with Crippen LogP contribution in [0.5, 0.6) is 0 Å². The second-order valence-corrected chi connectivity index (χ2v) is 8.61. The third-order valence-corrected chi connectivity index (χ3v) is 5.63. The summed E-state index contributed by atoms with van der Waals surface area (Å²) < 4.78 is 36.5. The summed E-state index contributed by atoms with van der Waals surface area (Å²) in [5.41, 5.74) is 1.36. The first-order valence-corrected chi connectivity index (χ1v) is 10.5. The fourth-order valence-corrected chi connectivity index (χ4v) is 3.78. The molecular formula is C19H22FN3O3S. The first-order chi connectivity index (χ1) is 12.8. The normalized spacial score (nSPS) is 18.2. The van der Waals surface area contributed by atoms with Crippen LogP contribution in [0.4, 0.5) is 10.1 Å². The SMILES string of the molecule is CS(=O)(=O)c1ccc(NC(=O)CN2CCNCC2c2cccc(F)c2)cc1. The summed E-state index contributed by atoms with van der Waals surface area (Å²) in [5.74, 6) is -0.501. The van der Waals surface area contributed by atoms with Crippen LogP contribution in [0.25, 0.3) is 0 Å². The van der Waals surface area contributed by atoms with E-state index in [9.17, 15) is 17.6 Å². The smallest absolute Gasteiger partial charge is 0.238 e. The number of carbonyl (C=O) groups is 1. The lowest BCUT2D eigenvalue weighted by molar-refractivity contribution is -0.118. The van der Waals surface area contributed by atoms with Crippen LogP contribution in [-0.4, -0.2) is 51.7 Å². The molecule has 1 heterocycles. The Bertz CT molecular complexity index is 916. The van der Waals surface area contributed by atoms with Gasteiger partial charge in [0.15, 0.2) is 9.84 Å². The van der Waals surface area contributed by atoms with Crippen molar-refractivity contribution in [2.45, 2.75) is 10.9 Å². The van der Waals surface area contributed by atoms with Crippen LogP contribution in [0.2, 0.25) is 0 Å². The van der Waals surface area contributed by atoms with Crippen molar-refractivity contribution >= 4 is 21.4 Å². The number of nitrogens with one attached hydrogen (secondary N) is 2. The third kappa shape index (κ3) is 5.12. The van der Waals surface area contributed by atoms with Gasteiger partial charge in [0.1, 0.15) is 5.82 Å². The van der Waals surface area contributed by atoms with E-state index in [-0.39, 0.29) is 29.2 Å². The summed E-state index contributed by atoms with van der Waals surface area (Å²) in [6, 6.07) is 12.4. The van der Waals surface area contributed by atoms with Crippen molar-refractivity contribution in [2.75, 3.05) is 37.8 Å². The fourth-order valence-electron chi connectivity index (χ4n) is 3.15. The Balaban J connectivity index is 1.66. The molecule has 1 fully saturated rings. The highest BCUT2D eigenvalue weighted by Crippen LogP contribution is 2.23. The average Bonchev–Trinajstić information content (AvgIpc) is 2.62. The zero-order valence-electron chi connectivity index (χ0n) is 15.0. The first kappa shape index (κ1) is 19.5. The fraction of sp³-hybridized carbons (Fsp3) is 0.316. The zero-order valence-corrected chi connectivity index (χ0v) is 15.8. The van der Waals surface area contributed by atoms with Gasteiger partial charge in [0.25, 0.3) is 0 Å². The van der Waals surface area contributed by atoms with Crippen molar-refractivity contribution in [2.24, 2.45) is 0 Å². The number of halogens is 1. The van der Waals surface area contributed by atoms with Gasteiger partial charge in [-0.05, 0) is 42.0 Å². The van der Waals surface area contributed by atoms with Gasteiger partial charge >= 0.3 is 0 Å². The van der Waals surface area contributed by atoms with Crippen molar-refractivity contribution in [3.05, 3.63) is 59.9 Å². The Morgan fingerprint density at radius 3 is 2.67 bits per heavy atom. The van der Waals surface area contributed by atoms with Gasteiger partial charge in [0.2, 0.25) is 5.91 Å². The molecule has 144 valence electrons. The van der Waals surface area contributed by atoms with Crippen molar-refractivity contribution in [3.8, 4) is 0 Å². The van der Waals surface area contributed by atoms with Gasteiger partial charge < -0.3 is 10.6 Å². The monoisotopic (exact) mass is 391 g/mol. The van der Waals surface area contributed by atoms with Crippen molar-refractivity contribution in [1.82, 2.24) is 10.2 Å². The standard InChI is InChI=1S/C19H22FN3O3S/c1-27(25,26)17-7-5-16(6-8-17)22-19(24)13-23-10-9-21-12-18(23)14-3-2-4-15(20)11-14/h2-8,11,18,21H,9-10,12-13H2,1H3,(H,22,24). The minimum Gasteiger partial charge on any atom is -0.325 e. The van der Waals surface area contributed by atoms with Crippen LogP contribution in [-0.2, 0) is 14.6 Å². The predicted molar refractivity (Wildman–Crippen MR) is 102 cm³/mol. The number of hydrogen-bond donors (Lipinski definition) is 2. The Morgan fingerprint density at radius 2 is 2.00 bits per heavy atom. The minimum absolute atomic E-state index is 0.0900. The molecule has 1 atom stereocenters. The van der Waals surface area contributed by atoms with Crippen LogP contribution in [0.3, 0.4) is 0 Å². The van der Waals surface area contributed by atoms with Crippen LogP contribution in [0, 0.1) is 5.82 Å². The van der Waals surface area contributed by atoms with Gasteiger partial charge in [-0.1, -0.05) is 12.1 Å². The van der Waals surface area contributed by atoms with Crippen LogP contribution in [0.15, 0.2) is 53.4 Å². The highest BCUT2D eigenvalue weighted by atomic mass is 32.2. The van der Waals surface area contributed by atoms with Crippen LogP contribution in [0.1, 0.15) is 11.6 Å². The molecule has 1 saturated heterocycles. The zero-order chi connectivity index (χ0) is 19.4. The van der Waals surface area contributed by atoms with Crippen molar-refractivity contribution < 1.29 is 17.6 Å². The van der Waals surface area contributed by atoms with Gasteiger partial charge in [0, 0.05) is 37.6 Å². The second-order valence-electron chi connectivity index (χ2n) is 6.59. The van der Waals surface area contributed by atoms with Crippen molar-refractivity contribution in [1.29, 1.82) is 0 Å². The number of anilines is 1. The molecule has 3 rings (SSSR count). The number of sulfone groups is 1. The molecule has 0 spiro atoms. The number of amides is 1. The topological polar surface area (TPSA) is 78.5 Å². The Kier molecular flexibility index (Phi) is 5.88. The van der Waals surface area contributed by atoms with Gasteiger partial charge in [-0.2, -0.15) is 0 Å². The number of carbonyl (C=O) groups excluding carboxylic acids is 1. The lowest BCUT2D eigenvalue weighted by Gasteiger charge is -2.36. The number of piperazine rings is 1. The molecule has 1 amide bonds. The summed E-state index contributed by atoms with van der Waals surface area (Å²) in [6.07, 6.45) is 1.14. The summed E-state index contributed by atoms with van der Waals surface area (Å²) >= 11 is 0. The molecule has 0 aromatic heterocycles. The summed E-state index contributed by atoms with van der Waals surface area (Å²) in [5, 5.41) is 6.05. The molecule has 0 bridgehead atoms. The van der Waals surface area contributed by atoms with E-state index in [0.717, 1.165) is 18.4 Å². The summed E-state index contributed by atoms with van der Waals surface area (Å²) in [4.78, 5) is 14.6. The quantitative estimate of drug-likeness (QED) is 0.813. The first-order valence-electron chi connectivity index (χ1n) is 8.63. The maximum atomic E-state index is 13.6. The Morgan fingerprint density at radius 1 is 1.26 bits per heavy atom. The van der Waals surface area contributed by atoms with Gasteiger partial charge in [-0.25, -0.2) is 12.8 Å². The number of nitrogens with zero attached hydrogens (tertiary/aromatic N) is 1. The third-order valence-electron chi connectivity index (χ3n) is 4.50. The van der Waals surface area contributed by atoms with E-state index in [0.29, 0.717) is 18.8 Å². The van der Waals surface area contributed by atoms with Gasteiger partial charge in [-0.3, -0.25) is 9.69 Å². The predicted octanol–water partition coefficient (Wildman–Crippen LogP) is 1.81. The van der Waals surface area contributed by atoms with E-state index in [1.807, 2.05) is 11.0 Å². The minimum atomic E-state index is -3.27. The molecular weight excluding hydrogens is 369 g/mol. The van der Waals surface area contributed by atoms with E-state index in [1.54, 1.807) is 18.2 Å². The van der Waals surface area contributed by atoms with E-state index in [1.165, 1.54) is 24.3 Å². The average molecular weight is 391 g/mol. The molecule has 6 nitrogen and oxygen atoms in total. The molecule has 0 radical (unpaired) electrons. The molecule has 1 aliphatic rings. The second kappa shape index (κ2) is 8.16. The number of benzene rings is 2. The van der Waals surface area contributed by atoms with Crippen LogP contribution < -0.4 is 10.6 Å². The van der Waals surface area contributed by atoms with E-state index in [4.69, 9.17) is 0 Å². The molecule has 1 aliphatic heterocycles. The molecule has 2 aromatic carbocycles. The molecule has 8 heteroatoms. The lowest BCUT2D eigenvalue weighted by atomic mass is 10.0. The van der Waals surface area contributed by atoms with Crippen molar-refractivity contribution in [3.63, 3.8) is 0 Å². The summed E-state index contributed by atoms with van der Waals surface area (Å²) in [6.45, 7) is 2.22. The molecule has 2 N–H and O–H groups in total. The van der Waals surface area contributed by atoms with E-state index in [2.05, 4.69) is 10.6 Å². The molecule has 0 aliphatic carbocycles.